The molecule has 3 rings (SSSR count). The average molecular weight is 332 g/mol. The van der Waals surface area contributed by atoms with Crippen molar-refractivity contribution in [3.63, 3.8) is 0 Å². The second-order valence-electron chi connectivity index (χ2n) is 6.73. The van der Waals surface area contributed by atoms with Gasteiger partial charge in [-0.25, -0.2) is 0 Å². The van der Waals surface area contributed by atoms with E-state index >= 15 is 0 Å². The molecule has 2 saturated carbocycles. The van der Waals surface area contributed by atoms with Crippen LogP contribution in [0, 0.1) is 11.8 Å². The Hall–Kier alpha value is -2.08. The molecule has 2 fully saturated rings. The molecule has 4 atom stereocenters. The van der Waals surface area contributed by atoms with Gasteiger partial charge in [-0.2, -0.15) is 0 Å². The van der Waals surface area contributed by atoms with E-state index in [1.165, 1.54) is 20.0 Å². The normalized spacial score (nSPS) is 26.0. The lowest BCUT2D eigenvalue weighted by Crippen LogP contribution is -2.52. The van der Waals surface area contributed by atoms with Gasteiger partial charge in [-0.15, -0.1) is 0 Å². The summed E-state index contributed by atoms with van der Waals surface area (Å²) >= 11 is 0. The highest BCUT2D eigenvalue weighted by Crippen LogP contribution is 2.44. The van der Waals surface area contributed by atoms with E-state index in [9.17, 15) is 14.7 Å². The maximum Gasteiger partial charge on any atom is 0.252 e. The third kappa shape index (κ3) is 3.53. The van der Waals surface area contributed by atoms with Crippen molar-refractivity contribution in [3.8, 4) is 5.75 Å². The van der Waals surface area contributed by atoms with Gasteiger partial charge in [0.1, 0.15) is 11.8 Å². The van der Waals surface area contributed by atoms with Crippen molar-refractivity contribution < 1.29 is 19.4 Å². The lowest BCUT2D eigenvalue weighted by Gasteiger charge is -2.25. The van der Waals surface area contributed by atoms with Gasteiger partial charge in [0, 0.05) is 11.6 Å². The Morgan fingerprint density at radius 3 is 2.79 bits per heavy atom. The number of amides is 2. The van der Waals surface area contributed by atoms with E-state index in [0.29, 0.717) is 17.2 Å². The largest absolute Gasteiger partial charge is 0.497 e. The molecule has 2 bridgehead atoms. The predicted molar refractivity (Wildman–Crippen MR) is 88.7 cm³/mol. The molecule has 0 aliphatic heterocycles. The van der Waals surface area contributed by atoms with Crippen LogP contribution in [-0.2, 0) is 4.79 Å². The van der Waals surface area contributed by atoms with Crippen molar-refractivity contribution in [2.24, 2.45) is 11.8 Å². The number of hydrogen-bond acceptors (Lipinski definition) is 4. The fourth-order valence-electron chi connectivity index (χ4n) is 3.90. The first-order valence-corrected chi connectivity index (χ1v) is 8.47. The van der Waals surface area contributed by atoms with Crippen molar-refractivity contribution in [3.05, 3.63) is 29.8 Å². The number of ether oxygens (including phenoxy) is 1. The van der Waals surface area contributed by atoms with Crippen LogP contribution in [-0.4, -0.2) is 42.7 Å². The molecule has 6 heteroatoms. The minimum atomic E-state index is -0.942. The maximum atomic E-state index is 12.4. The number of methoxy groups -OCH3 is 1. The lowest BCUT2D eigenvalue weighted by molar-refractivity contribution is -0.124. The van der Waals surface area contributed by atoms with Crippen molar-refractivity contribution >= 4 is 11.8 Å². The van der Waals surface area contributed by atoms with Crippen molar-refractivity contribution in [1.82, 2.24) is 10.6 Å². The van der Waals surface area contributed by atoms with E-state index in [2.05, 4.69) is 10.6 Å². The summed E-state index contributed by atoms with van der Waals surface area (Å²) in [4.78, 5) is 24.7. The van der Waals surface area contributed by atoms with Gasteiger partial charge in [0.2, 0.25) is 5.91 Å². The Bertz CT molecular complexity index is 619. The second kappa shape index (κ2) is 7.21. The molecule has 6 nitrogen and oxygen atoms in total. The topological polar surface area (TPSA) is 87.7 Å². The van der Waals surface area contributed by atoms with Crippen LogP contribution in [0.1, 0.15) is 36.0 Å². The highest BCUT2D eigenvalue weighted by atomic mass is 16.5. The summed E-state index contributed by atoms with van der Waals surface area (Å²) in [5.74, 6) is 1.11. The Labute approximate surface area is 141 Å². The molecule has 2 amide bonds. The zero-order chi connectivity index (χ0) is 17.1. The minimum absolute atomic E-state index is 0.180. The molecular weight excluding hydrogens is 308 g/mol. The van der Waals surface area contributed by atoms with E-state index in [-0.39, 0.29) is 11.9 Å². The lowest BCUT2D eigenvalue weighted by atomic mass is 9.95. The molecule has 130 valence electrons. The van der Waals surface area contributed by atoms with Gasteiger partial charge in [0.25, 0.3) is 5.91 Å². The Morgan fingerprint density at radius 1 is 1.33 bits per heavy atom. The number of aliphatic hydroxyl groups is 1. The molecule has 3 unspecified atom stereocenters. The van der Waals surface area contributed by atoms with E-state index in [0.717, 1.165) is 18.8 Å². The first kappa shape index (κ1) is 16.8. The van der Waals surface area contributed by atoms with E-state index in [4.69, 9.17) is 4.74 Å². The number of carbonyl (C=O) groups excluding carboxylic acids is 2. The molecule has 1 aromatic carbocycles. The SMILES string of the molecule is COc1cccc(C(=O)N[C@@H](CO)C(=O)NC2CC3CCC2C3)c1. The van der Waals surface area contributed by atoms with Crippen LogP contribution in [0.2, 0.25) is 0 Å². The van der Waals surface area contributed by atoms with Gasteiger partial charge < -0.3 is 20.5 Å². The smallest absolute Gasteiger partial charge is 0.252 e. The van der Waals surface area contributed by atoms with E-state index in [1.807, 2.05) is 0 Å². The van der Waals surface area contributed by atoms with Gasteiger partial charge in [0.15, 0.2) is 0 Å². The molecule has 0 spiro atoms. The first-order chi connectivity index (χ1) is 11.6. The molecule has 1 aromatic rings. The highest BCUT2D eigenvalue weighted by molar-refractivity contribution is 5.97. The maximum absolute atomic E-state index is 12.4. The molecule has 3 N–H and O–H groups in total. The summed E-state index contributed by atoms with van der Waals surface area (Å²) in [6, 6.07) is 5.92. The molecule has 0 heterocycles. The number of benzene rings is 1. The quantitative estimate of drug-likeness (QED) is 0.728. The zero-order valence-corrected chi connectivity index (χ0v) is 13.8. The van der Waals surface area contributed by atoms with Gasteiger partial charge in [-0.1, -0.05) is 12.5 Å². The first-order valence-electron chi connectivity index (χ1n) is 8.47. The number of hydrogen-bond donors (Lipinski definition) is 3. The Balaban J connectivity index is 1.59. The highest BCUT2D eigenvalue weighted by Gasteiger charge is 2.40. The summed E-state index contributed by atoms with van der Waals surface area (Å²) in [6.45, 7) is -0.428. The van der Waals surface area contributed by atoms with Crippen molar-refractivity contribution in [2.45, 2.75) is 37.8 Å². The molecule has 24 heavy (non-hydrogen) atoms. The molecular formula is C18H24N2O4. The fourth-order valence-corrected chi connectivity index (χ4v) is 3.90. The monoisotopic (exact) mass is 332 g/mol. The standard InChI is InChI=1S/C18H24N2O4/c1-24-14-4-2-3-13(9-14)17(22)20-16(10-21)18(23)19-15-8-11-5-6-12(15)7-11/h2-4,9,11-12,15-16,21H,5-8,10H2,1H3,(H,19,23)(H,20,22)/t11?,12?,15?,16-/m0/s1. The molecule has 2 aliphatic rings. The van der Waals surface area contributed by atoms with Crippen LogP contribution in [0.25, 0.3) is 0 Å². The van der Waals surface area contributed by atoms with Gasteiger partial charge in [0.05, 0.1) is 13.7 Å². The van der Waals surface area contributed by atoms with Crippen LogP contribution < -0.4 is 15.4 Å². The van der Waals surface area contributed by atoms with E-state index < -0.39 is 18.6 Å². The van der Waals surface area contributed by atoms with Crippen LogP contribution in [0.5, 0.6) is 5.75 Å². The van der Waals surface area contributed by atoms with E-state index in [1.54, 1.807) is 24.3 Å². The molecule has 0 aromatic heterocycles. The summed E-state index contributed by atoms with van der Waals surface area (Å²) in [5.41, 5.74) is 0.389. The summed E-state index contributed by atoms with van der Waals surface area (Å²) in [5, 5.41) is 15.1. The van der Waals surface area contributed by atoms with Crippen LogP contribution in [0.4, 0.5) is 0 Å². The summed E-state index contributed by atoms with van der Waals surface area (Å²) in [7, 11) is 1.52. The Morgan fingerprint density at radius 2 is 2.17 bits per heavy atom. The van der Waals surface area contributed by atoms with Crippen molar-refractivity contribution in [1.29, 1.82) is 0 Å². The number of nitrogens with one attached hydrogen (secondary N) is 2. The third-order valence-electron chi connectivity index (χ3n) is 5.20. The van der Waals surface area contributed by atoms with Gasteiger partial charge in [-0.05, 0) is 49.3 Å². The molecule has 0 radical (unpaired) electrons. The number of aliphatic hydroxyl groups excluding tert-OH is 1. The second-order valence-corrected chi connectivity index (χ2v) is 6.73. The number of carbonyl (C=O) groups is 2. The zero-order valence-electron chi connectivity index (χ0n) is 13.8. The van der Waals surface area contributed by atoms with Crippen LogP contribution >= 0.6 is 0 Å². The number of fused-ring (bicyclic) bond motifs is 2. The minimum Gasteiger partial charge on any atom is -0.497 e. The molecule has 2 aliphatic carbocycles. The number of rotatable bonds is 6. The fraction of sp³-hybridized carbons (Fsp3) is 0.556. The third-order valence-corrected chi connectivity index (χ3v) is 5.20. The van der Waals surface area contributed by atoms with Gasteiger partial charge >= 0.3 is 0 Å². The predicted octanol–water partition coefficient (Wildman–Crippen LogP) is 1.09. The summed E-state index contributed by atoms with van der Waals surface area (Å²) in [6.07, 6.45) is 4.62. The van der Waals surface area contributed by atoms with Crippen LogP contribution in [0.15, 0.2) is 24.3 Å². The Kier molecular flexibility index (Phi) is 5.04. The molecule has 0 saturated heterocycles. The average Bonchev–Trinajstić information content (AvgIpc) is 3.22. The summed E-state index contributed by atoms with van der Waals surface area (Å²) < 4.78 is 5.09. The van der Waals surface area contributed by atoms with Crippen molar-refractivity contribution in [2.75, 3.05) is 13.7 Å². The van der Waals surface area contributed by atoms with Crippen LogP contribution in [0.3, 0.4) is 0 Å². The van der Waals surface area contributed by atoms with Gasteiger partial charge in [-0.3, -0.25) is 9.59 Å².